The van der Waals surface area contributed by atoms with Crippen molar-refractivity contribution in [3.63, 3.8) is 0 Å². The number of hydrogen-bond donors (Lipinski definition) is 4. The number of rotatable bonds is 6. The van der Waals surface area contributed by atoms with E-state index in [-0.39, 0.29) is 20.9 Å². The molecule has 0 spiro atoms. The van der Waals surface area contributed by atoms with Crippen LogP contribution >= 0.6 is 58.0 Å². The number of thiazole rings is 1. The summed E-state index contributed by atoms with van der Waals surface area (Å²) in [4.78, 5) is 42.8. The number of thioether (sulfide) groups is 2. The minimum atomic E-state index is -1.26. The lowest BCUT2D eigenvalue weighted by Gasteiger charge is -2.49. The second kappa shape index (κ2) is 8.86. The minimum Gasteiger partial charge on any atom is -0.477 e. The van der Waals surface area contributed by atoms with Gasteiger partial charge in [-0.3, -0.25) is 14.5 Å². The SMILES string of the molecule is Cc1nnsc1SC1=C(C(=O)O)N2C(=O)[C@@H](NC(=O)/C(=N/O)c3nc(N)sc3Cl)[C@H]2SC1. The average molecular weight is 534 g/mol. The van der Waals surface area contributed by atoms with E-state index in [0.29, 0.717) is 16.4 Å². The Kier molecular flexibility index (Phi) is 6.30. The van der Waals surface area contributed by atoms with Crippen LogP contribution in [0.5, 0.6) is 0 Å². The van der Waals surface area contributed by atoms with Crippen molar-refractivity contribution in [3.8, 4) is 0 Å². The molecular formula is C15H12ClN7O5S4. The van der Waals surface area contributed by atoms with Gasteiger partial charge in [-0.1, -0.05) is 44.3 Å². The van der Waals surface area contributed by atoms with Crippen molar-refractivity contribution in [2.45, 2.75) is 22.5 Å². The number of aromatic nitrogens is 3. The van der Waals surface area contributed by atoms with Gasteiger partial charge in [-0.05, 0) is 18.5 Å². The molecule has 12 nitrogen and oxygen atoms in total. The van der Waals surface area contributed by atoms with Gasteiger partial charge in [0.1, 0.15) is 31.4 Å². The number of hydrogen-bond acceptors (Lipinski definition) is 13. The number of amides is 2. The van der Waals surface area contributed by atoms with E-state index in [1.54, 1.807) is 6.92 Å². The molecule has 1 saturated heterocycles. The molecule has 0 radical (unpaired) electrons. The topological polar surface area (TPSA) is 184 Å². The summed E-state index contributed by atoms with van der Waals surface area (Å²) in [5.74, 6) is -2.45. The fourth-order valence-corrected chi connectivity index (χ4v) is 7.19. The first-order valence-corrected chi connectivity index (χ1v) is 12.4. The van der Waals surface area contributed by atoms with Crippen molar-refractivity contribution < 1.29 is 24.7 Å². The number of halogens is 1. The van der Waals surface area contributed by atoms with Crippen LogP contribution in [-0.4, -0.2) is 70.4 Å². The Bertz CT molecular complexity index is 1190. The lowest BCUT2D eigenvalue weighted by atomic mass is 10.0. The molecule has 168 valence electrons. The largest absolute Gasteiger partial charge is 0.477 e. The number of oxime groups is 1. The van der Waals surface area contributed by atoms with Crippen LogP contribution in [0.2, 0.25) is 4.34 Å². The van der Waals surface area contributed by atoms with E-state index in [0.717, 1.165) is 32.0 Å². The molecule has 2 aliphatic rings. The van der Waals surface area contributed by atoms with Crippen LogP contribution in [0.4, 0.5) is 5.13 Å². The van der Waals surface area contributed by atoms with E-state index < -0.39 is 34.9 Å². The first kappa shape index (κ1) is 22.8. The van der Waals surface area contributed by atoms with Crippen molar-refractivity contribution in [2.24, 2.45) is 5.16 Å². The van der Waals surface area contributed by atoms with E-state index in [4.69, 9.17) is 17.3 Å². The van der Waals surface area contributed by atoms with Crippen LogP contribution in [0.3, 0.4) is 0 Å². The van der Waals surface area contributed by atoms with Gasteiger partial charge in [-0.25, -0.2) is 9.78 Å². The monoisotopic (exact) mass is 533 g/mol. The first-order valence-electron chi connectivity index (χ1n) is 8.56. The standard InChI is InChI=1S/C15H12ClN7O5S4/c1-3-14(32-22-20-3)30-4-2-29-12-7(11(25)23(12)8(4)13(26)27)18-10(24)6(21-28)5-9(16)31-15(17)19-5/h7,12,28H,2H2,1H3,(H2,17,19)(H,18,24)(H,26,27)/b21-6+/t7-,12-/m1/s1. The number of aryl methyl sites for hydroxylation is 1. The zero-order valence-corrected chi connectivity index (χ0v) is 19.8. The normalized spacial score (nSPS) is 20.8. The van der Waals surface area contributed by atoms with E-state index in [1.165, 1.54) is 23.5 Å². The van der Waals surface area contributed by atoms with Gasteiger partial charge in [-0.2, -0.15) is 0 Å². The molecule has 17 heteroatoms. The lowest BCUT2D eigenvalue weighted by molar-refractivity contribution is -0.150. The average Bonchev–Trinajstić information content (AvgIpc) is 3.30. The number of nitrogens with zero attached hydrogens (tertiary/aromatic N) is 5. The highest BCUT2D eigenvalue weighted by atomic mass is 35.5. The quantitative estimate of drug-likeness (QED) is 0.181. The van der Waals surface area contributed by atoms with Gasteiger partial charge < -0.3 is 21.4 Å². The fourth-order valence-electron chi connectivity index (χ4n) is 2.97. The van der Waals surface area contributed by atoms with E-state index in [1.807, 2.05) is 0 Å². The lowest BCUT2D eigenvalue weighted by Crippen LogP contribution is -2.71. The molecule has 2 atom stereocenters. The van der Waals surface area contributed by atoms with E-state index >= 15 is 0 Å². The molecular weight excluding hydrogens is 522 g/mol. The third kappa shape index (κ3) is 3.92. The van der Waals surface area contributed by atoms with Gasteiger partial charge in [0.2, 0.25) is 0 Å². The molecule has 32 heavy (non-hydrogen) atoms. The van der Waals surface area contributed by atoms with Crippen LogP contribution in [0, 0.1) is 6.92 Å². The van der Waals surface area contributed by atoms with Crippen LogP contribution in [0.25, 0.3) is 0 Å². The third-order valence-corrected chi connectivity index (χ3v) is 9.10. The zero-order chi connectivity index (χ0) is 23.2. The number of carbonyl (C=O) groups excluding carboxylic acids is 2. The third-order valence-electron chi connectivity index (χ3n) is 4.39. The summed E-state index contributed by atoms with van der Waals surface area (Å²) in [7, 11) is 0. The molecule has 0 aliphatic carbocycles. The summed E-state index contributed by atoms with van der Waals surface area (Å²) in [5, 5.41) is 27.8. The van der Waals surface area contributed by atoms with E-state index in [2.05, 4.69) is 25.0 Å². The minimum absolute atomic E-state index is 0.0460. The van der Waals surface area contributed by atoms with Gasteiger partial charge >= 0.3 is 5.97 Å². The van der Waals surface area contributed by atoms with Gasteiger partial charge in [0, 0.05) is 10.7 Å². The number of carboxylic acid groups (broad SMARTS) is 1. The number of aliphatic carboxylic acids is 1. The smallest absolute Gasteiger partial charge is 0.353 e. The highest BCUT2D eigenvalue weighted by Gasteiger charge is 2.54. The maximum atomic E-state index is 12.8. The molecule has 0 unspecified atom stereocenters. The Labute approximate surface area is 201 Å². The van der Waals surface area contributed by atoms with Crippen molar-refractivity contribution in [1.82, 2.24) is 24.8 Å². The van der Waals surface area contributed by atoms with Gasteiger partial charge in [0.15, 0.2) is 10.8 Å². The molecule has 2 amide bonds. The molecule has 2 aromatic heterocycles. The summed E-state index contributed by atoms with van der Waals surface area (Å²) in [6, 6.07) is -1.02. The first-order chi connectivity index (χ1) is 15.2. The molecule has 5 N–H and O–H groups in total. The van der Waals surface area contributed by atoms with Crippen LogP contribution < -0.4 is 11.1 Å². The maximum absolute atomic E-state index is 12.8. The van der Waals surface area contributed by atoms with Crippen molar-refractivity contribution in [2.75, 3.05) is 11.5 Å². The number of nitrogen functional groups attached to an aromatic ring is 1. The summed E-state index contributed by atoms with van der Waals surface area (Å²) in [5.41, 5.74) is 5.45. The number of nitrogens with two attached hydrogens (primary N) is 1. The van der Waals surface area contributed by atoms with Crippen LogP contribution in [0.15, 0.2) is 20.0 Å². The molecule has 2 aliphatic heterocycles. The Hall–Kier alpha value is -2.40. The number of carboxylic acids is 1. The summed E-state index contributed by atoms with van der Waals surface area (Å²) in [6.45, 7) is 1.76. The van der Waals surface area contributed by atoms with Crippen LogP contribution in [0.1, 0.15) is 11.4 Å². The van der Waals surface area contributed by atoms with Gasteiger partial charge in [0.05, 0.1) is 5.69 Å². The predicted octanol–water partition coefficient (Wildman–Crippen LogP) is 1.21. The molecule has 2 aromatic rings. The molecule has 4 rings (SSSR count). The second-order valence-corrected chi connectivity index (χ2v) is 11.2. The number of anilines is 1. The summed E-state index contributed by atoms with van der Waals surface area (Å²) < 4.78 is 4.62. The highest BCUT2D eigenvalue weighted by Crippen LogP contribution is 2.46. The Morgan fingerprint density at radius 3 is 2.75 bits per heavy atom. The van der Waals surface area contributed by atoms with E-state index in [9.17, 15) is 24.7 Å². The van der Waals surface area contributed by atoms with Crippen molar-refractivity contribution in [3.05, 3.63) is 26.3 Å². The Morgan fingerprint density at radius 2 is 2.19 bits per heavy atom. The molecule has 0 saturated carbocycles. The molecule has 0 bridgehead atoms. The van der Waals surface area contributed by atoms with Crippen molar-refractivity contribution >= 4 is 86.6 Å². The Balaban J connectivity index is 1.54. The van der Waals surface area contributed by atoms with Crippen molar-refractivity contribution in [1.29, 1.82) is 0 Å². The Morgan fingerprint density at radius 1 is 1.44 bits per heavy atom. The maximum Gasteiger partial charge on any atom is 0.353 e. The summed E-state index contributed by atoms with van der Waals surface area (Å²) in [6.07, 6.45) is 0. The number of carbonyl (C=O) groups is 3. The number of fused-ring (bicyclic) bond motifs is 1. The number of β-lactam (4-membered cyclic amide) rings is 1. The van der Waals surface area contributed by atoms with Crippen LogP contribution in [-0.2, 0) is 14.4 Å². The molecule has 4 heterocycles. The zero-order valence-electron chi connectivity index (χ0n) is 15.8. The molecule has 1 fully saturated rings. The molecule has 0 aromatic carbocycles. The second-order valence-electron chi connectivity index (χ2n) is 6.31. The number of nitrogens with one attached hydrogen (secondary N) is 1. The van der Waals surface area contributed by atoms with Gasteiger partial charge in [0.25, 0.3) is 11.8 Å². The summed E-state index contributed by atoms with van der Waals surface area (Å²) >= 11 is 10.5. The highest BCUT2D eigenvalue weighted by molar-refractivity contribution is 8.07. The predicted molar refractivity (Wildman–Crippen MR) is 120 cm³/mol. The fraction of sp³-hybridized carbons (Fsp3) is 0.267. The van der Waals surface area contributed by atoms with Gasteiger partial charge in [-0.15, -0.1) is 16.9 Å².